The number of nitrogens with zero attached hydrogens (tertiary/aromatic N) is 2. The van der Waals surface area contributed by atoms with Crippen LogP contribution in [-0.2, 0) is 6.54 Å². The summed E-state index contributed by atoms with van der Waals surface area (Å²) in [7, 11) is 0. The van der Waals surface area contributed by atoms with Gasteiger partial charge in [0.25, 0.3) is 12.3 Å². The van der Waals surface area contributed by atoms with Crippen molar-refractivity contribution in [2.75, 3.05) is 6.54 Å². The number of rotatable bonds is 6. The summed E-state index contributed by atoms with van der Waals surface area (Å²) in [6.45, 7) is -0.175. The van der Waals surface area contributed by atoms with E-state index in [9.17, 15) is 13.6 Å². The normalized spacial score (nSPS) is 12.6. The third kappa shape index (κ3) is 3.64. The Balaban J connectivity index is 1.89. The van der Waals surface area contributed by atoms with Crippen molar-refractivity contribution in [3.63, 3.8) is 0 Å². The molecule has 1 atom stereocenters. The molecule has 2 aromatic rings. The van der Waals surface area contributed by atoms with Crippen LogP contribution >= 0.6 is 0 Å². The minimum Gasteiger partial charge on any atom is -0.454 e. The van der Waals surface area contributed by atoms with Gasteiger partial charge in [0.05, 0.1) is 6.54 Å². The average molecular weight is 285 g/mol. The fourth-order valence-electron chi connectivity index (χ4n) is 1.51. The summed E-state index contributed by atoms with van der Waals surface area (Å²) in [5.41, 5.74) is 0. The fourth-order valence-corrected chi connectivity index (χ4v) is 1.51. The monoisotopic (exact) mass is 285 g/mol. The summed E-state index contributed by atoms with van der Waals surface area (Å²) in [6, 6.07) is 4.78. The van der Waals surface area contributed by atoms with Gasteiger partial charge in [-0.15, -0.1) is 0 Å². The maximum absolute atomic E-state index is 12.1. The number of alkyl halides is 2. The van der Waals surface area contributed by atoms with Crippen LogP contribution in [0.15, 0.2) is 35.0 Å². The second-order valence-corrected chi connectivity index (χ2v) is 4.08. The zero-order valence-electron chi connectivity index (χ0n) is 10.4. The van der Waals surface area contributed by atoms with Crippen LogP contribution < -0.4 is 5.32 Å². The van der Waals surface area contributed by atoms with Crippen LogP contribution in [0.3, 0.4) is 0 Å². The molecule has 8 heteroatoms. The Bertz CT molecular complexity index is 554. The third-order valence-corrected chi connectivity index (χ3v) is 2.53. The van der Waals surface area contributed by atoms with Gasteiger partial charge >= 0.3 is 0 Å². The van der Waals surface area contributed by atoms with Gasteiger partial charge in [0.1, 0.15) is 11.9 Å². The minimum atomic E-state index is -2.90. The lowest BCUT2D eigenvalue weighted by Crippen LogP contribution is -2.35. The number of furan rings is 1. The molecule has 2 aromatic heterocycles. The number of aliphatic hydroxyl groups is 1. The van der Waals surface area contributed by atoms with E-state index < -0.39 is 25.0 Å². The molecule has 20 heavy (non-hydrogen) atoms. The van der Waals surface area contributed by atoms with Crippen molar-refractivity contribution in [1.82, 2.24) is 15.1 Å². The van der Waals surface area contributed by atoms with Crippen LogP contribution in [0.2, 0.25) is 0 Å². The minimum absolute atomic E-state index is 0.00591. The van der Waals surface area contributed by atoms with Gasteiger partial charge in [0.2, 0.25) is 0 Å². The molecule has 2 rings (SSSR count). The highest BCUT2D eigenvalue weighted by Gasteiger charge is 2.19. The molecule has 0 fully saturated rings. The van der Waals surface area contributed by atoms with Gasteiger partial charge < -0.3 is 14.8 Å². The first kappa shape index (κ1) is 14.2. The zero-order chi connectivity index (χ0) is 14.5. The van der Waals surface area contributed by atoms with Gasteiger partial charge in [-0.05, 0) is 18.2 Å². The highest BCUT2D eigenvalue weighted by Crippen LogP contribution is 2.09. The lowest BCUT2D eigenvalue weighted by Gasteiger charge is -2.09. The molecule has 0 aliphatic heterocycles. The SMILES string of the molecule is O=C(NCC(O)C(F)F)c1ccc(Cn2cccn2)o1. The molecule has 0 saturated heterocycles. The number of hydrogen-bond donors (Lipinski definition) is 2. The smallest absolute Gasteiger partial charge is 0.287 e. The molecule has 1 amide bonds. The Kier molecular flexibility index (Phi) is 4.46. The van der Waals surface area contributed by atoms with Crippen molar-refractivity contribution >= 4 is 5.91 Å². The summed E-state index contributed by atoms with van der Waals surface area (Å²) < 4.78 is 31.0. The largest absolute Gasteiger partial charge is 0.454 e. The van der Waals surface area contributed by atoms with Crippen molar-refractivity contribution in [3.8, 4) is 0 Å². The van der Waals surface area contributed by atoms with E-state index in [0.29, 0.717) is 12.3 Å². The molecular formula is C12H13F2N3O3. The van der Waals surface area contributed by atoms with Crippen LogP contribution in [-0.4, -0.2) is 39.9 Å². The van der Waals surface area contributed by atoms with E-state index in [4.69, 9.17) is 9.52 Å². The van der Waals surface area contributed by atoms with E-state index in [1.807, 2.05) is 0 Å². The summed E-state index contributed by atoms with van der Waals surface area (Å²) in [5, 5.41) is 15.0. The molecule has 0 radical (unpaired) electrons. The molecule has 6 nitrogen and oxygen atoms in total. The van der Waals surface area contributed by atoms with E-state index in [-0.39, 0.29) is 5.76 Å². The molecule has 108 valence electrons. The maximum atomic E-state index is 12.1. The molecular weight excluding hydrogens is 272 g/mol. The van der Waals surface area contributed by atoms with Crippen molar-refractivity contribution < 1.29 is 23.1 Å². The first-order chi connectivity index (χ1) is 9.56. The summed E-state index contributed by atoms with van der Waals surface area (Å²) >= 11 is 0. The lowest BCUT2D eigenvalue weighted by molar-refractivity contribution is -0.00284. The molecule has 0 aromatic carbocycles. The van der Waals surface area contributed by atoms with E-state index in [1.165, 1.54) is 6.07 Å². The van der Waals surface area contributed by atoms with Crippen molar-refractivity contribution in [2.24, 2.45) is 0 Å². The second kappa shape index (κ2) is 6.29. The van der Waals surface area contributed by atoms with Gasteiger partial charge in [0, 0.05) is 18.9 Å². The van der Waals surface area contributed by atoms with Crippen LogP contribution in [0, 0.1) is 0 Å². The van der Waals surface area contributed by atoms with Crippen LogP contribution in [0.25, 0.3) is 0 Å². The quantitative estimate of drug-likeness (QED) is 0.825. The average Bonchev–Trinajstić information content (AvgIpc) is 3.07. The van der Waals surface area contributed by atoms with Crippen LogP contribution in [0.1, 0.15) is 16.3 Å². The topological polar surface area (TPSA) is 80.3 Å². The molecule has 1 unspecified atom stereocenters. The molecule has 0 bridgehead atoms. The fraction of sp³-hybridized carbons (Fsp3) is 0.333. The Morgan fingerprint density at radius 2 is 2.30 bits per heavy atom. The highest BCUT2D eigenvalue weighted by molar-refractivity contribution is 5.91. The Labute approximate surface area is 113 Å². The highest BCUT2D eigenvalue weighted by atomic mass is 19.3. The lowest BCUT2D eigenvalue weighted by atomic mass is 10.3. The standard InChI is InChI=1S/C12H13F2N3O3/c13-11(14)9(18)6-15-12(19)10-3-2-8(20-10)7-17-5-1-4-16-17/h1-5,9,11,18H,6-7H2,(H,15,19). The predicted molar refractivity (Wildman–Crippen MR) is 64.4 cm³/mol. The van der Waals surface area contributed by atoms with Crippen molar-refractivity contribution in [2.45, 2.75) is 19.1 Å². The van der Waals surface area contributed by atoms with Crippen LogP contribution in [0.5, 0.6) is 0 Å². The van der Waals surface area contributed by atoms with Gasteiger partial charge in [0.15, 0.2) is 5.76 Å². The molecule has 0 aliphatic rings. The number of carbonyl (C=O) groups is 1. The molecule has 0 aliphatic carbocycles. The van der Waals surface area contributed by atoms with E-state index in [0.717, 1.165) is 0 Å². The maximum Gasteiger partial charge on any atom is 0.287 e. The molecule has 0 spiro atoms. The summed E-state index contributed by atoms with van der Waals surface area (Å²) in [4.78, 5) is 11.6. The Hall–Kier alpha value is -2.22. The van der Waals surface area contributed by atoms with Crippen LogP contribution in [0.4, 0.5) is 8.78 Å². The van der Waals surface area contributed by atoms with Gasteiger partial charge in [-0.2, -0.15) is 5.10 Å². The zero-order valence-corrected chi connectivity index (χ0v) is 10.4. The molecule has 0 saturated carbocycles. The molecule has 2 heterocycles. The van der Waals surface area contributed by atoms with Gasteiger partial charge in [-0.1, -0.05) is 0 Å². The van der Waals surface area contributed by atoms with Crippen molar-refractivity contribution in [1.29, 1.82) is 0 Å². The van der Waals surface area contributed by atoms with Gasteiger partial charge in [-0.3, -0.25) is 9.48 Å². The predicted octanol–water partition coefficient (Wildman–Crippen LogP) is 0.880. The number of hydrogen-bond acceptors (Lipinski definition) is 4. The Morgan fingerprint density at radius 3 is 2.95 bits per heavy atom. The van der Waals surface area contributed by atoms with E-state index >= 15 is 0 Å². The number of nitrogens with one attached hydrogen (secondary N) is 1. The number of carbonyl (C=O) groups excluding carboxylic acids is 1. The summed E-state index contributed by atoms with van der Waals surface area (Å²) in [5.74, 6) is -0.154. The van der Waals surface area contributed by atoms with E-state index in [1.54, 1.807) is 29.2 Å². The molecule has 2 N–H and O–H groups in total. The van der Waals surface area contributed by atoms with Crippen molar-refractivity contribution in [3.05, 3.63) is 42.1 Å². The number of halogens is 2. The second-order valence-electron chi connectivity index (χ2n) is 4.08. The first-order valence-corrected chi connectivity index (χ1v) is 5.87. The Morgan fingerprint density at radius 1 is 1.50 bits per heavy atom. The summed E-state index contributed by atoms with van der Waals surface area (Å²) in [6.07, 6.45) is -1.44. The number of amides is 1. The third-order valence-electron chi connectivity index (χ3n) is 2.53. The number of aliphatic hydroxyl groups excluding tert-OH is 1. The van der Waals surface area contributed by atoms with Gasteiger partial charge in [-0.25, -0.2) is 8.78 Å². The number of aromatic nitrogens is 2. The van der Waals surface area contributed by atoms with E-state index in [2.05, 4.69) is 10.4 Å². The first-order valence-electron chi connectivity index (χ1n) is 5.87.